The predicted octanol–water partition coefficient (Wildman–Crippen LogP) is 2.67. The molecule has 0 saturated carbocycles. The summed E-state index contributed by atoms with van der Waals surface area (Å²) in [5.41, 5.74) is 10.1. The molecule has 1 aliphatic rings. The molecule has 2 aromatic heterocycles. The lowest BCUT2D eigenvalue weighted by molar-refractivity contribution is 0.391. The van der Waals surface area contributed by atoms with E-state index in [1.165, 1.54) is 24.0 Å². The SMILES string of the molecule is COc1ncccc1Cn1cc2c(c1)C(N)CCCC2. The standard InChI is InChI=1S/C16H21N3O/c1-20-16-13(6-4-8-18-16)10-19-9-12-5-2-3-7-15(17)14(12)11-19/h4,6,8-9,11,15H,2-3,5,7,10,17H2,1H3. The molecule has 0 bridgehead atoms. The summed E-state index contributed by atoms with van der Waals surface area (Å²) in [6.45, 7) is 0.775. The normalized spacial score (nSPS) is 18.4. The van der Waals surface area contributed by atoms with E-state index in [0.29, 0.717) is 5.88 Å². The molecule has 2 heterocycles. The lowest BCUT2D eigenvalue weighted by Crippen LogP contribution is -2.09. The quantitative estimate of drug-likeness (QED) is 0.873. The minimum atomic E-state index is 0.185. The topological polar surface area (TPSA) is 53.1 Å². The minimum Gasteiger partial charge on any atom is -0.481 e. The van der Waals surface area contributed by atoms with Crippen LogP contribution in [0.4, 0.5) is 0 Å². The first kappa shape index (κ1) is 13.2. The highest BCUT2D eigenvalue weighted by Crippen LogP contribution is 2.28. The van der Waals surface area contributed by atoms with Gasteiger partial charge in [0.1, 0.15) is 0 Å². The van der Waals surface area contributed by atoms with Crippen molar-refractivity contribution in [2.24, 2.45) is 5.73 Å². The van der Waals surface area contributed by atoms with E-state index in [-0.39, 0.29) is 6.04 Å². The van der Waals surface area contributed by atoms with E-state index in [9.17, 15) is 0 Å². The summed E-state index contributed by atoms with van der Waals surface area (Å²) in [4.78, 5) is 4.24. The van der Waals surface area contributed by atoms with Gasteiger partial charge in [0.2, 0.25) is 5.88 Å². The van der Waals surface area contributed by atoms with Crippen LogP contribution in [-0.2, 0) is 13.0 Å². The summed E-state index contributed by atoms with van der Waals surface area (Å²) < 4.78 is 7.52. The van der Waals surface area contributed by atoms with Crippen molar-refractivity contribution in [3.05, 3.63) is 47.4 Å². The smallest absolute Gasteiger partial charge is 0.218 e. The van der Waals surface area contributed by atoms with Crippen LogP contribution in [-0.4, -0.2) is 16.7 Å². The van der Waals surface area contributed by atoms with Crippen molar-refractivity contribution in [1.29, 1.82) is 0 Å². The molecule has 1 unspecified atom stereocenters. The van der Waals surface area contributed by atoms with Gasteiger partial charge in [-0.2, -0.15) is 0 Å². The maximum atomic E-state index is 6.26. The summed E-state index contributed by atoms with van der Waals surface area (Å²) in [5, 5.41) is 0. The van der Waals surface area contributed by atoms with Gasteiger partial charge in [-0.05, 0) is 36.5 Å². The Labute approximate surface area is 119 Å². The van der Waals surface area contributed by atoms with Crippen molar-refractivity contribution < 1.29 is 4.74 Å². The molecule has 1 atom stereocenters. The molecule has 0 spiro atoms. The molecule has 0 aliphatic heterocycles. The highest BCUT2D eigenvalue weighted by Gasteiger charge is 2.17. The number of fused-ring (bicyclic) bond motifs is 1. The van der Waals surface area contributed by atoms with Crippen LogP contribution in [0, 0.1) is 0 Å². The number of ether oxygens (including phenoxy) is 1. The number of hydrogen-bond donors (Lipinski definition) is 1. The van der Waals surface area contributed by atoms with Crippen LogP contribution in [0.2, 0.25) is 0 Å². The predicted molar refractivity (Wildman–Crippen MR) is 78.8 cm³/mol. The fourth-order valence-electron chi connectivity index (χ4n) is 2.97. The summed E-state index contributed by atoms with van der Waals surface area (Å²) in [7, 11) is 1.66. The van der Waals surface area contributed by atoms with Crippen molar-refractivity contribution in [1.82, 2.24) is 9.55 Å². The van der Waals surface area contributed by atoms with Crippen molar-refractivity contribution >= 4 is 0 Å². The third-order valence-electron chi connectivity index (χ3n) is 4.00. The van der Waals surface area contributed by atoms with Gasteiger partial charge in [-0.1, -0.05) is 12.5 Å². The zero-order valence-corrected chi connectivity index (χ0v) is 11.9. The molecule has 2 aromatic rings. The molecule has 3 rings (SSSR count). The van der Waals surface area contributed by atoms with E-state index in [0.717, 1.165) is 24.9 Å². The monoisotopic (exact) mass is 271 g/mol. The molecule has 0 fully saturated rings. The number of methoxy groups -OCH3 is 1. The first-order valence-corrected chi connectivity index (χ1v) is 7.20. The molecule has 4 nitrogen and oxygen atoms in total. The van der Waals surface area contributed by atoms with Crippen molar-refractivity contribution in [2.45, 2.75) is 38.3 Å². The Morgan fingerprint density at radius 1 is 1.40 bits per heavy atom. The van der Waals surface area contributed by atoms with Crippen LogP contribution in [0.15, 0.2) is 30.7 Å². The van der Waals surface area contributed by atoms with Gasteiger partial charge in [-0.25, -0.2) is 4.98 Å². The molecule has 106 valence electrons. The zero-order valence-electron chi connectivity index (χ0n) is 11.9. The Bertz CT molecular complexity index is 591. The third kappa shape index (κ3) is 2.56. The summed E-state index contributed by atoms with van der Waals surface area (Å²) >= 11 is 0. The van der Waals surface area contributed by atoms with E-state index in [4.69, 9.17) is 10.5 Å². The van der Waals surface area contributed by atoms with E-state index < -0.39 is 0 Å². The van der Waals surface area contributed by atoms with Gasteiger partial charge >= 0.3 is 0 Å². The minimum absolute atomic E-state index is 0.185. The molecule has 0 amide bonds. The molecule has 4 heteroatoms. The lowest BCUT2D eigenvalue weighted by atomic mass is 10.1. The molecular formula is C16H21N3O. The van der Waals surface area contributed by atoms with Crippen LogP contribution in [0.1, 0.15) is 42.0 Å². The Kier molecular flexibility index (Phi) is 3.74. The Balaban J connectivity index is 1.87. The highest BCUT2D eigenvalue weighted by molar-refractivity contribution is 5.31. The number of rotatable bonds is 3. The zero-order chi connectivity index (χ0) is 13.9. The van der Waals surface area contributed by atoms with E-state index in [1.807, 2.05) is 6.07 Å². The second-order valence-corrected chi connectivity index (χ2v) is 5.44. The summed E-state index contributed by atoms with van der Waals surface area (Å²) in [6, 6.07) is 4.18. The second-order valence-electron chi connectivity index (χ2n) is 5.44. The number of aromatic nitrogens is 2. The van der Waals surface area contributed by atoms with Crippen LogP contribution < -0.4 is 10.5 Å². The van der Waals surface area contributed by atoms with Crippen LogP contribution in [0.25, 0.3) is 0 Å². The number of aryl methyl sites for hydroxylation is 1. The fourth-order valence-corrected chi connectivity index (χ4v) is 2.97. The van der Waals surface area contributed by atoms with Gasteiger partial charge in [0.15, 0.2) is 0 Å². The molecule has 0 radical (unpaired) electrons. The van der Waals surface area contributed by atoms with E-state index >= 15 is 0 Å². The van der Waals surface area contributed by atoms with Crippen LogP contribution in [0.5, 0.6) is 5.88 Å². The number of nitrogens with two attached hydrogens (primary N) is 1. The Hall–Kier alpha value is -1.81. The van der Waals surface area contributed by atoms with Gasteiger partial charge < -0.3 is 15.0 Å². The molecule has 2 N–H and O–H groups in total. The van der Waals surface area contributed by atoms with Crippen LogP contribution in [0.3, 0.4) is 0 Å². The van der Waals surface area contributed by atoms with Gasteiger partial charge in [-0.15, -0.1) is 0 Å². The van der Waals surface area contributed by atoms with Crippen LogP contribution >= 0.6 is 0 Å². The first-order valence-electron chi connectivity index (χ1n) is 7.20. The average molecular weight is 271 g/mol. The maximum absolute atomic E-state index is 6.26. The molecule has 1 aliphatic carbocycles. The van der Waals surface area contributed by atoms with Gasteiger partial charge in [0.05, 0.1) is 13.7 Å². The Morgan fingerprint density at radius 3 is 3.15 bits per heavy atom. The van der Waals surface area contributed by atoms with Crippen molar-refractivity contribution in [2.75, 3.05) is 7.11 Å². The van der Waals surface area contributed by atoms with Gasteiger partial charge in [-0.3, -0.25) is 0 Å². The van der Waals surface area contributed by atoms with Crippen molar-refractivity contribution in [3.8, 4) is 5.88 Å². The largest absolute Gasteiger partial charge is 0.481 e. The molecule has 0 aromatic carbocycles. The lowest BCUT2D eigenvalue weighted by Gasteiger charge is -2.09. The molecular weight excluding hydrogens is 250 g/mol. The summed E-state index contributed by atoms with van der Waals surface area (Å²) in [6.07, 6.45) is 10.9. The van der Waals surface area contributed by atoms with Gasteiger partial charge in [0.25, 0.3) is 0 Å². The Morgan fingerprint density at radius 2 is 2.30 bits per heavy atom. The average Bonchev–Trinajstić information content (AvgIpc) is 2.79. The highest BCUT2D eigenvalue weighted by atomic mass is 16.5. The van der Waals surface area contributed by atoms with E-state index in [2.05, 4.69) is 28.0 Å². The maximum Gasteiger partial charge on any atom is 0.218 e. The number of hydrogen-bond acceptors (Lipinski definition) is 3. The number of pyridine rings is 1. The first-order chi connectivity index (χ1) is 9.78. The molecule has 0 saturated heterocycles. The third-order valence-corrected chi connectivity index (χ3v) is 4.00. The van der Waals surface area contributed by atoms with Gasteiger partial charge in [0, 0.05) is 30.2 Å². The van der Waals surface area contributed by atoms with Crippen molar-refractivity contribution in [3.63, 3.8) is 0 Å². The second kappa shape index (κ2) is 5.67. The summed E-state index contributed by atoms with van der Waals surface area (Å²) in [5.74, 6) is 0.695. The molecule has 20 heavy (non-hydrogen) atoms. The number of nitrogens with zero attached hydrogens (tertiary/aromatic N) is 2. The fraction of sp³-hybridized carbons (Fsp3) is 0.438. The van der Waals surface area contributed by atoms with E-state index in [1.54, 1.807) is 13.3 Å².